The van der Waals surface area contributed by atoms with Gasteiger partial charge in [0.25, 0.3) is 5.69 Å². The second kappa shape index (κ2) is 9.97. The summed E-state index contributed by atoms with van der Waals surface area (Å²) >= 11 is 0. The first-order valence-electron chi connectivity index (χ1n) is 8.79. The zero-order valence-corrected chi connectivity index (χ0v) is 16.6. The maximum atomic E-state index is 12.8. The number of hydrogen-bond donors (Lipinski definition) is 0. The number of hydrogen-bond acceptors (Lipinski definition) is 5. The summed E-state index contributed by atoms with van der Waals surface area (Å²) in [5.41, 5.74) is 1.38. The third-order valence-corrected chi connectivity index (χ3v) is 4.43. The first kappa shape index (κ1) is 20.8. The Morgan fingerprint density at radius 1 is 1.04 bits per heavy atom. The highest BCUT2D eigenvalue weighted by molar-refractivity contribution is 8.93. The predicted octanol–water partition coefficient (Wildman–Crippen LogP) is 4.83. The smallest absolute Gasteiger partial charge is 0.269 e. The fourth-order valence-corrected chi connectivity index (χ4v) is 3.02. The Hall–Kier alpha value is -2.54. The lowest BCUT2D eigenvalue weighted by Gasteiger charge is -2.25. The largest absolute Gasteiger partial charge is 0.322 e. The fraction of sp³-hybridized carbons (Fsp3) is 0.300. The van der Waals surface area contributed by atoms with Crippen LogP contribution in [0.4, 0.5) is 11.4 Å². The zero-order valence-electron chi connectivity index (χ0n) is 14.9. The third kappa shape index (κ3) is 5.47. The first-order valence-corrected chi connectivity index (χ1v) is 8.79. The van der Waals surface area contributed by atoms with Crippen molar-refractivity contribution in [3.63, 3.8) is 0 Å². The van der Waals surface area contributed by atoms with E-state index in [2.05, 4.69) is 4.99 Å². The molecule has 1 aliphatic rings. The van der Waals surface area contributed by atoms with Crippen LogP contribution in [0.2, 0.25) is 0 Å². The van der Waals surface area contributed by atoms with Crippen molar-refractivity contribution in [3.8, 4) is 0 Å². The van der Waals surface area contributed by atoms with Gasteiger partial charge in [-0.15, -0.1) is 17.0 Å². The standard InChI is InChI=1S/C20H21N3O3.BrH/c24-19(16-10-12-18(13-11-16)23(25)26)15-22(17-7-3-1-4-8-17)20-9-5-2-6-14-21-20;/h1,3-4,7-8,10-13H,2,5-6,9,14-15H2;1H. The van der Waals surface area contributed by atoms with E-state index in [0.29, 0.717) is 5.56 Å². The van der Waals surface area contributed by atoms with E-state index >= 15 is 0 Å². The maximum Gasteiger partial charge on any atom is 0.269 e. The van der Waals surface area contributed by atoms with E-state index in [1.807, 2.05) is 35.2 Å². The molecule has 1 aliphatic heterocycles. The number of halogens is 1. The highest BCUT2D eigenvalue weighted by atomic mass is 79.9. The summed E-state index contributed by atoms with van der Waals surface area (Å²) in [4.78, 5) is 29.7. The monoisotopic (exact) mass is 431 g/mol. The van der Waals surface area contributed by atoms with Gasteiger partial charge in [-0.25, -0.2) is 0 Å². The number of Topliss-reactive ketones (excluding diaryl/α,β-unsaturated/α-hetero) is 1. The normalized spacial score (nSPS) is 13.7. The number of nitrogens with zero attached hydrogens (tertiary/aromatic N) is 3. The van der Waals surface area contributed by atoms with Gasteiger partial charge in [0.05, 0.1) is 11.5 Å². The van der Waals surface area contributed by atoms with Gasteiger partial charge in [-0.1, -0.05) is 24.6 Å². The number of benzene rings is 2. The molecule has 1 heterocycles. The first-order chi connectivity index (χ1) is 12.6. The lowest BCUT2D eigenvalue weighted by molar-refractivity contribution is -0.384. The van der Waals surface area contributed by atoms with Crippen molar-refractivity contribution in [1.82, 2.24) is 0 Å². The third-order valence-electron chi connectivity index (χ3n) is 4.43. The Balaban J connectivity index is 0.00000261. The number of para-hydroxylation sites is 1. The van der Waals surface area contributed by atoms with Crippen LogP contribution in [0.25, 0.3) is 0 Å². The zero-order chi connectivity index (χ0) is 18.4. The lowest BCUT2D eigenvalue weighted by Crippen LogP contribution is -2.35. The molecule has 142 valence electrons. The topological polar surface area (TPSA) is 75.8 Å². The van der Waals surface area contributed by atoms with Crippen LogP contribution in [0.5, 0.6) is 0 Å². The highest BCUT2D eigenvalue weighted by Crippen LogP contribution is 2.20. The minimum absolute atomic E-state index is 0. The molecule has 0 saturated carbocycles. The maximum absolute atomic E-state index is 12.8. The van der Waals surface area contributed by atoms with Crippen LogP contribution >= 0.6 is 17.0 Å². The van der Waals surface area contributed by atoms with Gasteiger partial charge >= 0.3 is 0 Å². The van der Waals surface area contributed by atoms with Crippen LogP contribution in [0.3, 0.4) is 0 Å². The average Bonchev–Trinajstić information content (AvgIpc) is 2.96. The van der Waals surface area contributed by atoms with Crippen molar-refractivity contribution in [2.75, 3.05) is 18.0 Å². The summed E-state index contributed by atoms with van der Waals surface area (Å²) in [6.45, 7) is 0.949. The highest BCUT2D eigenvalue weighted by Gasteiger charge is 2.19. The van der Waals surface area contributed by atoms with E-state index in [0.717, 1.165) is 43.8 Å². The molecule has 0 aromatic heterocycles. The molecule has 0 saturated heterocycles. The van der Waals surface area contributed by atoms with Crippen LogP contribution in [-0.2, 0) is 0 Å². The molecule has 27 heavy (non-hydrogen) atoms. The van der Waals surface area contributed by atoms with Crippen LogP contribution in [0, 0.1) is 10.1 Å². The number of carbonyl (C=O) groups excluding carboxylic acids is 1. The second-order valence-electron chi connectivity index (χ2n) is 6.26. The molecule has 0 bridgehead atoms. The van der Waals surface area contributed by atoms with Crippen molar-refractivity contribution >= 4 is 40.0 Å². The number of amidine groups is 1. The Bertz CT molecular complexity index is 807. The van der Waals surface area contributed by atoms with Gasteiger partial charge in [0.2, 0.25) is 0 Å². The van der Waals surface area contributed by atoms with E-state index in [1.54, 1.807) is 0 Å². The van der Waals surface area contributed by atoms with Crippen molar-refractivity contribution in [2.45, 2.75) is 25.7 Å². The van der Waals surface area contributed by atoms with Gasteiger partial charge in [-0.05, 0) is 37.1 Å². The van der Waals surface area contributed by atoms with Gasteiger partial charge in [-0.2, -0.15) is 0 Å². The van der Waals surface area contributed by atoms with Crippen LogP contribution < -0.4 is 4.90 Å². The predicted molar refractivity (Wildman–Crippen MR) is 112 cm³/mol. The van der Waals surface area contributed by atoms with Gasteiger partial charge in [0.1, 0.15) is 5.84 Å². The Kier molecular flexibility index (Phi) is 7.67. The summed E-state index contributed by atoms with van der Waals surface area (Å²) in [5.74, 6) is 0.847. The Morgan fingerprint density at radius 3 is 2.41 bits per heavy atom. The summed E-state index contributed by atoms with van der Waals surface area (Å²) in [5, 5.41) is 10.8. The second-order valence-corrected chi connectivity index (χ2v) is 6.26. The van der Waals surface area contributed by atoms with Gasteiger partial charge in [-0.3, -0.25) is 19.9 Å². The fourth-order valence-electron chi connectivity index (χ4n) is 3.02. The minimum Gasteiger partial charge on any atom is -0.322 e. The molecule has 7 heteroatoms. The summed E-state index contributed by atoms with van der Waals surface area (Å²) in [6, 6.07) is 15.5. The SMILES string of the molecule is Br.O=C(CN(C1=NCCCCC1)c1ccccc1)c1ccc([N+](=O)[O-])cc1. The molecule has 3 rings (SSSR count). The van der Waals surface area contributed by atoms with Gasteiger partial charge in [0, 0.05) is 36.3 Å². The van der Waals surface area contributed by atoms with E-state index in [1.165, 1.54) is 24.3 Å². The molecule has 0 fully saturated rings. The molecule has 0 atom stereocenters. The number of aliphatic imine (C=N–C) groups is 1. The molecule has 0 radical (unpaired) electrons. The average molecular weight is 432 g/mol. The van der Waals surface area contributed by atoms with Crippen molar-refractivity contribution in [3.05, 3.63) is 70.3 Å². The number of nitro benzene ring substituents is 1. The van der Waals surface area contributed by atoms with Crippen LogP contribution in [0.15, 0.2) is 59.6 Å². The van der Waals surface area contributed by atoms with Crippen molar-refractivity contribution < 1.29 is 9.72 Å². The Morgan fingerprint density at radius 2 is 1.74 bits per heavy atom. The lowest BCUT2D eigenvalue weighted by atomic mass is 10.1. The van der Waals surface area contributed by atoms with Crippen LogP contribution in [-0.4, -0.2) is 29.6 Å². The molecule has 6 nitrogen and oxygen atoms in total. The number of nitro groups is 1. The Labute approximate surface area is 168 Å². The molecule has 0 amide bonds. The number of non-ortho nitro benzene ring substituents is 1. The summed E-state index contributed by atoms with van der Waals surface area (Å²) < 4.78 is 0. The molecule has 0 spiro atoms. The van der Waals surface area contributed by atoms with Crippen molar-refractivity contribution in [2.24, 2.45) is 4.99 Å². The van der Waals surface area contributed by atoms with Crippen LogP contribution in [0.1, 0.15) is 36.0 Å². The van der Waals surface area contributed by atoms with E-state index < -0.39 is 4.92 Å². The number of carbonyl (C=O) groups is 1. The molecular formula is C20H22BrN3O3. The molecular weight excluding hydrogens is 410 g/mol. The molecule has 2 aromatic rings. The molecule has 0 N–H and O–H groups in total. The quantitative estimate of drug-likeness (QED) is 0.385. The van der Waals surface area contributed by atoms with E-state index in [4.69, 9.17) is 0 Å². The van der Waals surface area contributed by atoms with Gasteiger partial charge < -0.3 is 4.90 Å². The number of ketones is 1. The van der Waals surface area contributed by atoms with Crippen molar-refractivity contribution in [1.29, 1.82) is 0 Å². The molecule has 2 aromatic carbocycles. The molecule has 0 unspecified atom stereocenters. The van der Waals surface area contributed by atoms with E-state index in [-0.39, 0.29) is 35.0 Å². The van der Waals surface area contributed by atoms with Gasteiger partial charge in [0.15, 0.2) is 5.78 Å². The summed E-state index contributed by atoms with van der Waals surface area (Å²) in [7, 11) is 0. The molecule has 0 aliphatic carbocycles. The minimum atomic E-state index is -0.467. The number of rotatable bonds is 5. The van der Waals surface area contributed by atoms with E-state index in [9.17, 15) is 14.9 Å². The summed E-state index contributed by atoms with van der Waals surface area (Å²) in [6.07, 6.45) is 4.13. The number of anilines is 1.